The lowest BCUT2D eigenvalue weighted by Crippen LogP contribution is -1.86. The van der Waals surface area contributed by atoms with Gasteiger partial charge in [0.25, 0.3) is 0 Å². The Balaban J connectivity index is 0.000000671. The molecule has 0 atom stereocenters. The van der Waals surface area contributed by atoms with Gasteiger partial charge in [-0.15, -0.1) is 0 Å². The molecule has 13 heavy (non-hydrogen) atoms. The second-order valence-electron chi connectivity index (χ2n) is 2.51. The van der Waals surface area contributed by atoms with Crippen LogP contribution in [0.4, 0.5) is 5.82 Å². The fourth-order valence-corrected chi connectivity index (χ4v) is 1.03. The van der Waals surface area contributed by atoms with Crippen LogP contribution in [0.1, 0.15) is 31.9 Å². The molecule has 0 bridgehead atoms. The molecule has 0 amide bonds. The van der Waals surface area contributed by atoms with E-state index in [4.69, 9.17) is 0 Å². The predicted molar refractivity (Wildman–Crippen MR) is 58.9 cm³/mol. The molecule has 0 spiro atoms. The van der Waals surface area contributed by atoms with E-state index in [0.29, 0.717) is 0 Å². The molecule has 0 unspecified atom stereocenters. The Labute approximate surface area is 80.7 Å². The molecule has 1 aromatic heterocycles. The van der Waals surface area contributed by atoms with Crippen LogP contribution in [0.2, 0.25) is 0 Å². The highest BCUT2D eigenvalue weighted by atomic mass is 14.9. The molecule has 2 heteroatoms. The van der Waals surface area contributed by atoms with E-state index < -0.39 is 0 Å². The van der Waals surface area contributed by atoms with E-state index in [0.717, 1.165) is 12.2 Å². The molecule has 0 aliphatic carbocycles. The number of rotatable bonds is 2. The Kier molecular flexibility index (Phi) is 5.77. The first-order valence-electron chi connectivity index (χ1n) is 4.70. The number of hydrogen-bond acceptors (Lipinski definition) is 2. The SMILES string of the molecule is C=Nc1ncc(C)cc1CC.CC. The third kappa shape index (κ3) is 3.36. The van der Waals surface area contributed by atoms with Crippen molar-refractivity contribution in [1.29, 1.82) is 0 Å². The summed E-state index contributed by atoms with van der Waals surface area (Å²) in [4.78, 5) is 7.96. The van der Waals surface area contributed by atoms with Crippen molar-refractivity contribution in [2.45, 2.75) is 34.1 Å². The normalized spacial score (nSPS) is 8.62. The van der Waals surface area contributed by atoms with Crippen molar-refractivity contribution < 1.29 is 0 Å². The lowest BCUT2D eigenvalue weighted by atomic mass is 10.1. The topological polar surface area (TPSA) is 25.2 Å². The third-order valence-corrected chi connectivity index (χ3v) is 1.61. The Bertz CT molecular complexity index is 267. The van der Waals surface area contributed by atoms with Crippen molar-refractivity contribution >= 4 is 12.5 Å². The van der Waals surface area contributed by atoms with Crippen molar-refractivity contribution in [1.82, 2.24) is 4.98 Å². The van der Waals surface area contributed by atoms with Gasteiger partial charge >= 0.3 is 0 Å². The zero-order valence-electron chi connectivity index (χ0n) is 8.96. The third-order valence-electron chi connectivity index (χ3n) is 1.61. The van der Waals surface area contributed by atoms with Gasteiger partial charge in [-0.1, -0.05) is 26.8 Å². The van der Waals surface area contributed by atoms with Crippen LogP contribution in [0.25, 0.3) is 0 Å². The average Bonchev–Trinajstić information content (AvgIpc) is 2.20. The first-order chi connectivity index (χ1) is 6.27. The number of aryl methyl sites for hydroxylation is 2. The molecule has 2 nitrogen and oxygen atoms in total. The first-order valence-corrected chi connectivity index (χ1v) is 4.70. The molecule has 0 saturated heterocycles. The summed E-state index contributed by atoms with van der Waals surface area (Å²) in [5, 5.41) is 0. The standard InChI is InChI=1S/C9H12N2.C2H6/c1-4-8-5-7(2)6-11-9(8)10-3;1-2/h5-6H,3-4H2,1-2H3;1-2H3. The molecule has 0 N–H and O–H groups in total. The van der Waals surface area contributed by atoms with Crippen LogP contribution in [0.3, 0.4) is 0 Å². The zero-order chi connectivity index (χ0) is 10.3. The van der Waals surface area contributed by atoms with E-state index in [9.17, 15) is 0 Å². The van der Waals surface area contributed by atoms with Crippen LogP contribution in [0, 0.1) is 6.92 Å². The molecule has 1 heterocycles. The minimum absolute atomic E-state index is 0.762. The predicted octanol–water partition coefficient (Wildman–Crippen LogP) is 3.31. The van der Waals surface area contributed by atoms with Gasteiger partial charge in [0.2, 0.25) is 0 Å². The highest BCUT2D eigenvalue weighted by Crippen LogP contribution is 2.16. The summed E-state index contributed by atoms with van der Waals surface area (Å²) in [6.07, 6.45) is 2.77. The lowest BCUT2D eigenvalue weighted by molar-refractivity contribution is 1.08. The number of aliphatic imine (C=N–C) groups is 1. The molecule has 0 radical (unpaired) electrons. The van der Waals surface area contributed by atoms with Crippen molar-refractivity contribution in [2.24, 2.45) is 4.99 Å². The molecule has 1 rings (SSSR count). The number of pyridine rings is 1. The summed E-state index contributed by atoms with van der Waals surface area (Å²) in [7, 11) is 0. The number of aromatic nitrogens is 1. The fraction of sp³-hybridized carbons (Fsp3) is 0.455. The van der Waals surface area contributed by atoms with E-state index in [1.54, 1.807) is 0 Å². The lowest BCUT2D eigenvalue weighted by Gasteiger charge is -2.01. The van der Waals surface area contributed by atoms with Crippen molar-refractivity contribution in [3.05, 3.63) is 23.4 Å². The van der Waals surface area contributed by atoms with Crippen LogP contribution in [0.5, 0.6) is 0 Å². The average molecular weight is 178 g/mol. The summed E-state index contributed by atoms with van der Waals surface area (Å²) in [5.41, 5.74) is 2.34. The van der Waals surface area contributed by atoms with Crippen LogP contribution >= 0.6 is 0 Å². The Hall–Kier alpha value is -1.18. The van der Waals surface area contributed by atoms with Gasteiger partial charge in [-0.2, -0.15) is 0 Å². The summed E-state index contributed by atoms with van der Waals surface area (Å²) < 4.78 is 0. The highest BCUT2D eigenvalue weighted by molar-refractivity contribution is 5.46. The molecule has 0 aliphatic rings. The van der Waals surface area contributed by atoms with Gasteiger partial charge in [-0.05, 0) is 31.2 Å². The summed E-state index contributed by atoms with van der Waals surface area (Å²) >= 11 is 0. The van der Waals surface area contributed by atoms with Crippen molar-refractivity contribution in [2.75, 3.05) is 0 Å². The maximum absolute atomic E-state index is 4.14. The minimum atomic E-state index is 0.762. The minimum Gasteiger partial charge on any atom is -0.245 e. The Morgan fingerprint density at radius 1 is 1.46 bits per heavy atom. The van der Waals surface area contributed by atoms with E-state index in [1.165, 1.54) is 11.1 Å². The number of hydrogen-bond donors (Lipinski definition) is 0. The van der Waals surface area contributed by atoms with Crippen LogP contribution < -0.4 is 0 Å². The zero-order valence-corrected chi connectivity index (χ0v) is 8.96. The summed E-state index contributed by atoms with van der Waals surface area (Å²) in [6.45, 7) is 11.6. The van der Waals surface area contributed by atoms with Gasteiger partial charge in [-0.25, -0.2) is 9.98 Å². The van der Waals surface area contributed by atoms with Gasteiger partial charge in [0.05, 0.1) is 0 Å². The smallest absolute Gasteiger partial charge is 0.154 e. The van der Waals surface area contributed by atoms with Gasteiger partial charge in [0, 0.05) is 6.20 Å². The fourth-order valence-electron chi connectivity index (χ4n) is 1.03. The van der Waals surface area contributed by atoms with Gasteiger partial charge in [0.15, 0.2) is 5.82 Å². The number of nitrogens with zero attached hydrogens (tertiary/aromatic N) is 2. The molecule has 72 valence electrons. The summed E-state index contributed by atoms with van der Waals surface area (Å²) in [5.74, 6) is 0.762. The second-order valence-corrected chi connectivity index (χ2v) is 2.51. The van der Waals surface area contributed by atoms with Gasteiger partial charge in [0.1, 0.15) is 0 Å². The monoisotopic (exact) mass is 178 g/mol. The van der Waals surface area contributed by atoms with Gasteiger partial charge < -0.3 is 0 Å². The maximum Gasteiger partial charge on any atom is 0.154 e. The largest absolute Gasteiger partial charge is 0.245 e. The van der Waals surface area contributed by atoms with E-state index >= 15 is 0 Å². The quantitative estimate of drug-likeness (QED) is 0.638. The molecular formula is C11H18N2. The Morgan fingerprint density at radius 3 is 2.54 bits per heavy atom. The second kappa shape index (κ2) is 6.35. The first kappa shape index (κ1) is 11.8. The molecular weight excluding hydrogens is 160 g/mol. The Morgan fingerprint density at radius 2 is 2.08 bits per heavy atom. The summed E-state index contributed by atoms with van der Waals surface area (Å²) in [6, 6.07) is 2.09. The van der Waals surface area contributed by atoms with E-state index in [2.05, 4.69) is 29.7 Å². The van der Waals surface area contributed by atoms with E-state index in [-0.39, 0.29) is 0 Å². The maximum atomic E-state index is 4.14. The van der Waals surface area contributed by atoms with E-state index in [1.807, 2.05) is 27.0 Å². The molecule has 0 aromatic carbocycles. The molecule has 0 aliphatic heterocycles. The highest BCUT2D eigenvalue weighted by Gasteiger charge is 1.98. The molecule has 1 aromatic rings. The van der Waals surface area contributed by atoms with Crippen LogP contribution in [-0.4, -0.2) is 11.7 Å². The van der Waals surface area contributed by atoms with Crippen molar-refractivity contribution in [3.63, 3.8) is 0 Å². The molecule has 0 saturated carbocycles. The van der Waals surface area contributed by atoms with Crippen LogP contribution in [0.15, 0.2) is 17.3 Å². The van der Waals surface area contributed by atoms with Crippen molar-refractivity contribution in [3.8, 4) is 0 Å². The van der Waals surface area contributed by atoms with Gasteiger partial charge in [-0.3, -0.25) is 0 Å². The van der Waals surface area contributed by atoms with Crippen LogP contribution in [-0.2, 0) is 6.42 Å². The molecule has 0 fully saturated rings.